The van der Waals surface area contributed by atoms with Crippen molar-refractivity contribution in [2.24, 2.45) is 0 Å². The van der Waals surface area contributed by atoms with Gasteiger partial charge in [0, 0.05) is 24.5 Å². The van der Waals surface area contributed by atoms with E-state index in [2.05, 4.69) is 20.6 Å². The topological polar surface area (TPSA) is 85.1 Å². The highest BCUT2D eigenvalue weighted by Crippen LogP contribution is 2.20. The minimum atomic E-state index is -0.594. The second-order valence-corrected chi connectivity index (χ2v) is 6.54. The van der Waals surface area contributed by atoms with Crippen molar-refractivity contribution in [3.63, 3.8) is 0 Å². The maximum Gasteiger partial charge on any atom is 0.123 e. The molecule has 1 aliphatic rings. The van der Waals surface area contributed by atoms with E-state index >= 15 is 0 Å². The molecule has 0 bridgehead atoms. The number of pyridine rings is 1. The molecule has 0 radical (unpaired) electrons. The van der Waals surface area contributed by atoms with Gasteiger partial charge >= 0.3 is 0 Å². The van der Waals surface area contributed by atoms with Gasteiger partial charge in [0.05, 0.1) is 37.6 Å². The van der Waals surface area contributed by atoms with Crippen LogP contribution in [0.15, 0.2) is 55.0 Å². The molecule has 4 rings (SSSR count). The highest BCUT2D eigenvalue weighted by Gasteiger charge is 2.36. The summed E-state index contributed by atoms with van der Waals surface area (Å²) in [5.41, 5.74) is 2.34. The molecule has 3 heterocycles. The molecule has 0 spiro atoms. The Kier molecular flexibility index (Phi) is 5.19. The van der Waals surface area contributed by atoms with Crippen LogP contribution in [0.1, 0.15) is 5.56 Å². The minimum Gasteiger partial charge on any atom is -0.389 e. The Labute approximate surface area is 155 Å². The summed E-state index contributed by atoms with van der Waals surface area (Å²) in [7, 11) is 0. The van der Waals surface area contributed by atoms with Crippen LogP contribution in [0.25, 0.3) is 11.3 Å². The van der Waals surface area contributed by atoms with Crippen LogP contribution in [0.3, 0.4) is 0 Å². The van der Waals surface area contributed by atoms with E-state index in [-0.39, 0.29) is 24.6 Å². The fourth-order valence-corrected chi connectivity index (χ4v) is 3.20. The molecule has 1 aromatic carbocycles. The van der Waals surface area contributed by atoms with Crippen molar-refractivity contribution in [1.29, 1.82) is 0 Å². The van der Waals surface area contributed by atoms with Crippen molar-refractivity contribution >= 4 is 0 Å². The SMILES string of the molecule is O[C@H]1CO[C@H](Cn2cc(-c3cccc(F)c3)nn2)[C@@H]1NCc1ccncc1. The van der Waals surface area contributed by atoms with Gasteiger partial charge in [-0.05, 0) is 29.8 Å². The predicted molar refractivity (Wildman–Crippen MR) is 96.0 cm³/mol. The lowest BCUT2D eigenvalue weighted by Gasteiger charge is -2.21. The molecule has 2 N–H and O–H groups in total. The molecule has 140 valence electrons. The molecule has 8 heteroatoms. The molecule has 1 fully saturated rings. The minimum absolute atomic E-state index is 0.222. The van der Waals surface area contributed by atoms with E-state index in [0.29, 0.717) is 24.3 Å². The summed E-state index contributed by atoms with van der Waals surface area (Å²) >= 11 is 0. The van der Waals surface area contributed by atoms with Crippen LogP contribution in [-0.4, -0.2) is 49.9 Å². The van der Waals surface area contributed by atoms with Gasteiger partial charge in [0.15, 0.2) is 0 Å². The zero-order chi connectivity index (χ0) is 18.6. The lowest BCUT2D eigenvalue weighted by atomic mass is 10.1. The number of aliphatic hydroxyl groups is 1. The van der Waals surface area contributed by atoms with Crippen LogP contribution < -0.4 is 5.32 Å². The van der Waals surface area contributed by atoms with Gasteiger partial charge in [0.25, 0.3) is 0 Å². The highest BCUT2D eigenvalue weighted by atomic mass is 19.1. The molecule has 0 saturated carbocycles. The number of rotatable bonds is 6. The Balaban J connectivity index is 1.42. The van der Waals surface area contributed by atoms with Crippen LogP contribution in [-0.2, 0) is 17.8 Å². The van der Waals surface area contributed by atoms with E-state index in [9.17, 15) is 9.50 Å². The van der Waals surface area contributed by atoms with E-state index in [0.717, 1.165) is 5.56 Å². The Bertz CT molecular complexity index is 889. The first kappa shape index (κ1) is 17.7. The van der Waals surface area contributed by atoms with E-state index < -0.39 is 6.10 Å². The summed E-state index contributed by atoms with van der Waals surface area (Å²) in [6, 6.07) is 9.86. The third-order valence-electron chi connectivity index (χ3n) is 4.61. The Morgan fingerprint density at radius 1 is 1.26 bits per heavy atom. The first-order valence-electron chi connectivity index (χ1n) is 8.77. The predicted octanol–water partition coefficient (Wildman–Crippen LogP) is 1.40. The van der Waals surface area contributed by atoms with E-state index in [1.54, 1.807) is 35.4 Å². The van der Waals surface area contributed by atoms with Crippen LogP contribution in [0.4, 0.5) is 4.39 Å². The zero-order valence-electron chi connectivity index (χ0n) is 14.6. The number of halogens is 1. The third kappa shape index (κ3) is 4.19. The molecule has 1 aliphatic heterocycles. The van der Waals surface area contributed by atoms with Crippen molar-refractivity contribution in [2.45, 2.75) is 31.3 Å². The van der Waals surface area contributed by atoms with Crippen molar-refractivity contribution < 1.29 is 14.2 Å². The largest absolute Gasteiger partial charge is 0.389 e. The average Bonchev–Trinajstić information content (AvgIpc) is 3.28. The molecule has 7 nitrogen and oxygen atoms in total. The average molecular weight is 369 g/mol. The molecule has 1 saturated heterocycles. The van der Waals surface area contributed by atoms with Crippen molar-refractivity contribution in [3.05, 3.63) is 66.4 Å². The molecule has 0 aliphatic carbocycles. The second kappa shape index (κ2) is 7.91. The summed E-state index contributed by atoms with van der Waals surface area (Å²) in [5, 5.41) is 21.8. The van der Waals surface area contributed by atoms with Gasteiger partial charge in [-0.3, -0.25) is 4.98 Å². The standard InChI is InChI=1S/C19H20FN5O2/c20-15-3-1-2-14(8-15)16-10-25(24-23-16)11-18-19(17(26)12-27-18)22-9-13-4-6-21-7-5-13/h1-8,10,17-19,22,26H,9,11-12H2/t17-,18+,19+/m0/s1. The molecule has 2 aromatic heterocycles. The van der Waals surface area contributed by atoms with Gasteiger partial charge in [-0.15, -0.1) is 5.10 Å². The first-order chi connectivity index (χ1) is 13.2. The normalized spacial score (nSPS) is 22.2. The summed E-state index contributed by atoms with van der Waals surface area (Å²) in [5.74, 6) is -0.315. The number of hydrogen-bond acceptors (Lipinski definition) is 6. The summed E-state index contributed by atoms with van der Waals surface area (Å²) in [4.78, 5) is 4.00. The van der Waals surface area contributed by atoms with Crippen LogP contribution in [0.2, 0.25) is 0 Å². The van der Waals surface area contributed by atoms with E-state index in [4.69, 9.17) is 4.74 Å². The zero-order valence-corrected chi connectivity index (χ0v) is 14.6. The quantitative estimate of drug-likeness (QED) is 0.683. The van der Waals surface area contributed by atoms with Crippen LogP contribution in [0.5, 0.6) is 0 Å². The number of nitrogens with zero attached hydrogens (tertiary/aromatic N) is 4. The fourth-order valence-electron chi connectivity index (χ4n) is 3.20. The number of nitrogens with one attached hydrogen (secondary N) is 1. The van der Waals surface area contributed by atoms with Gasteiger partial charge in [-0.1, -0.05) is 17.3 Å². The van der Waals surface area contributed by atoms with E-state index in [1.165, 1.54) is 12.1 Å². The maximum atomic E-state index is 13.4. The molecule has 27 heavy (non-hydrogen) atoms. The summed E-state index contributed by atoms with van der Waals surface area (Å²) in [6.07, 6.45) is 4.38. The molecule has 3 aromatic rings. The van der Waals surface area contributed by atoms with Crippen molar-refractivity contribution in [1.82, 2.24) is 25.3 Å². The van der Waals surface area contributed by atoms with Crippen molar-refractivity contribution in [2.75, 3.05) is 6.61 Å². The first-order valence-corrected chi connectivity index (χ1v) is 8.77. The monoisotopic (exact) mass is 369 g/mol. The highest BCUT2D eigenvalue weighted by molar-refractivity contribution is 5.57. The fraction of sp³-hybridized carbons (Fsp3) is 0.316. The second-order valence-electron chi connectivity index (χ2n) is 6.54. The number of aliphatic hydroxyl groups excluding tert-OH is 1. The lowest BCUT2D eigenvalue weighted by molar-refractivity contribution is 0.0741. The van der Waals surface area contributed by atoms with Crippen LogP contribution in [0, 0.1) is 5.82 Å². The number of ether oxygens (including phenoxy) is 1. The van der Waals surface area contributed by atoms with Crippen LogP contribution >= 0.6 is 0 Å². The van der Waals surface area contributed by atoms with Gasteiger partial charge in [-0.25, -0.2) is 9.07 Å². The molecule has 3 atom stereocenters. The van der Waals surface area contributed by atoms with Gasteiger partial charge in [0.1, 0.15) is 11.5 Å². The Hall–Kier alpha value is -2.68. The Morgan fingerprint density at radius 2 is 2.11 bits per heavy atom. The van der Waals surface area contributed by atoms with Gasteiger partial charge < -0.3 is 15.2 Å². The molecular formula is C19H20FN5O2. The smallest absolute Gasteiger partial charge is 0.123 e. The lowest BCUT2D eigenvalue weighted by Crippen LogP contribution is -2.45. The van der Waals surface area contributed by atoms with E-state index in [1.807, 2.05) is 12.1 Å². The summed E-state index contributed by atoms with van der Waals surface area (Å²) in [6.45, 7) is 1.31. The van der Waals surface area contributed by atoms with Gasteiger partial charge in [0.2, 0.25) is 0 Å². The molecular weight excluding hydrogens is 349 g/mol. The molecule has 0 amide bonds. The van der Waals surface area contributed by atoms with Gasteiger partial charge in [-0.2, -0.15) is 0 Å². The summed E-state index contributed by atoms with van der Waals surface area (Å²) < 4.78 is 20.8. The number of hydrogen-bond donors (Lipinski definition) is 2. The maximum absolute atomic E-state index is 13.4. The Morgan fingerprint density at radius 3 is 2.93 bits per heavy atom. The number of aromatic nitrogens is 4. The van der Waals surface area contributed by atoms with Crippen molar-refractivity contribution in [3.8, 4) is 11.3 Å². The third-order valence-corrected chi connectivity index (χ3v) is 4.61. The molecule has 0 unspecified atom stereocenters. The number of benzene rings is 1.